The Morgan fingerprint density at radius 3 is 2.82 bits per heavy atom. The van der Waals surface area contributed by atoms with Crippen LogP contribution in [0.15, 0.2) is 17.5 Å². The molecule has 0 fully saturated rings. The Hall–Kier alpha value is -0.380. The fraction of sp³-hybridized carbons (Fsp3) is 0.500. The van der Waals surface area contributed by atoms with E-state index in [9.17, 15) is 0 Å². The molecular formula is C8H14N2S. The summed E-state index contributed by atoms with van der Waals surface area (Å²) in [6.07, 6.45) is 0. The first-order valence-corrected chi connectivity index (χ1v) is 4.61. The van der Waals surface area contributed by atoms with Gasteiger partial charge in [0, 0.05) is 11.4 Å². The van der Waals surface area contributed by atoms with Gasteiger partial charge in [-0.15, -0.1) is 11.3 Å². The lowest BCUT2D eigenvalue weighted by molar-refractivity contribution is 0.566. The van der Waals surface area contributed by atoms with Crippen molar-refractivity contribution in [1.82, 2.24) is 10.6 Å². The van der Waals surface area contributed by atoms with Gasteiger partial charge in [0.05, 0.1) is 6.04 Å². The van der Waals surface area contributed by atoms with Crippen LogP contribution in [0.2, 0.25) is 0 Å². The maximum absolute atomic E-state index is 3.25. The summed E-state index contributed by atoms with van der Waals surface area (Å²) < 4.78 is 0. The molecule has 0 aliphatic rings. The molecule has 1 rings (SSSR count). The Bertz CT molecular complexity index is 184. The Balaban J connectivity index is 2.56. The zero-order valence-electron chi connectivity index (χ0n) is 6.92. The number of hydrogen-bond donors (Lipinski definition) is 2. The lowest BCUT2D eigenvalue weighted by Crippen LogP contribution is -2.26. The Kier molecular flexibility index (Phi) is 3.56. The maximum atomic E-state index is 3.25. The van der Waals surface area contributed by atoms with Gasteiger partial charge in [-0.3, -0.25) is 0 Å². The van der Waals surface area contributed by atoms with Crippen molar-refractivity contribution in [3.8, 4) is 0 Å². The van der Waals surface area contributed by atoms with Gasteiger partial charge in [0.15, 0.2) is 0 Å². The van der Waals surface area contributed by atoms with E-state index >= 15 is 0 Å². The van der Waals surface area contributed by atoms with E-state index in [0.29, 0.717) is 6.04 Å². The highest BCUT2D eigenvalue weighted by molar-refractivity contribution is 7.10. The number of nitrogens with one attached hydrogen (secondary N) is 2. The van der Waals surface area contributed by atoms with Crippen molar-refractivity contribution in [2.24, 2.45) is 0 Å². The van der Waals surface area contributed by atoms with Crippen LogP contribution in [0.1, 0.15) is 10.9 Å². The summed E-state index contributed by atoms with van der Waals surface area (Å²) in [7, 11) is 3.96. The molecule has 1 heterocycles. The molecule has 1 aromatic rings. The van der Waals surface area contributed by atoms with Crippen molar-refractivity contribution >= 4 is 11.3 Å². The Labute approximate surface area is 71.6 Å². The lowest BCUT2D eigenvalue weighted by atomic mass is 10.2. The van der Waals surface area contributed by atoms with Crippen molar-refractivity contribution in [2.45, 2.75) is 6.04 Å². The third-order valence-electron chi connectivity index (χ3n) is 1.64. The van der Waals surface area contributed by atoms with Crippen molar-refractivity contribution in [2.75, 3.05) is 20.6 Å². The second-order valence-electron chi connectivity index (χ2n) is 2.41. The fourth-order valence-electron chi connectivity index (χ4n) is 1.04. The van der Waals surface area contributed by atoms with Gasteiger partial charge in [0.2, 0.25) is 0 Å². The summed E-state index contributed by atoms with van der Waals surface area (Å²) in [6.45, 7) is 0.983. The van der Waals surface area contributed by atoms with Crippen LogP contribution < -0.4 is 10.6 Å². The van der Waals surface area contributed by atoms with Gasteiger partial charge in [-0.1, -0.05) is 6.07 Å². The van der Waals surface area contributed by atoms with Crippen LogP contribution in [0.3, 0.4) is 0 Å². The lowest BCUT2D eigenvalue weighted by Gasteiger charge is -2.12. The molecule has 0 saturated heterocycles. The summed E-state index contributed by atoms with van der Waals surface area (Å²) in [4.78, 5) is 1.39. The largest absolute Gasteiger partial charge is 0.318 e. The average Bonchev–Trinajstić information content (AvgIpc) is 2.52. The third kappa shape index (κ3) is 2.29. The molecule has 3 heteroatoms. The topological polar surface area (TPSA) is 24.1 Å². The van der Waals surface area contributed by atoms with E-state index in [1.807, 2.05) is 14.1 Å². The second-order valence-corrected chi connectivity index (χ2v) is 3.39. The molecule has 0 aliphatic carbocycles. The standard InChI is InChI=1S/C8H14N2S/c1-9-6-7(10-2)8-4-3-5-11-8/h3-5,7,9-10H,6H2,1-2H3. The van der Waals surface area contributed by atoms with E-state index in [1.54, 1.807) is 11.3 Å². The molecule has 0 radical (unpaired) electrons. The SMILES string of the molecule is CNCC(NC)c1cccs1. The first kappa shape index (κ1) is 8.71. The molecule has 62 valence electrons. The minimum Gasteiger partial charge on any atom is -0.318 e. The van der Waals surface area contributed by atoms with Gasteiger partial charge in [-0.25, -0.2) is 0 Å². The molecule has 0 aliphatic heterocycles. The van der Waals surface area contributed by atoms with Crippen LogP contribution in [0.4, 0.5) is 0 Å². The zero-order valence-corrected chi connectivity index (χ0v) is 7.74. The fourth-order valence-corrected chi connectivity index (χ4v) is 1.88. The van der Waals surface area contributed by atoms with Crippen LogP contribution in [0.5, 0.6) is 0 Å². The molecule has 0 saturated carbocycles. The van der Waals surface area contributed by atoms with E-state index in [2.05, 4.69) is 28.1 Å². The minimum absolute atomic E-state index is 0.458. The summed E-state index contributed by atoms with van der Waals surface area (Å²) in [5, 5.41) is 8.51. The van der Waals surface area contributed by atoms with Gasteiger partial charge in [0.1, 0.15) is 0 Å². The summed E-state index contributed by atoms with van der Waals surface area (Å²) in [5.41, 5.74) is 0. The predicted octanol–water partition coefficient (Wildman–Crippen LogP) is 1.23. The van der Waals surface area contributed by atoms with Crippen LogP contribution in [-0.2, 0) is 0 Å². The van der Waals surface area contributed by atoms with Crippen LogP contribution in [-0.4, -0.2) is 20.6 Å². The highest BCUT2D eigenvalue weighted by atomic mass is 32.1. The summed E-state index contributed by atoms with van der Waals surface area (Å²) in [6, 6.07) is 4.70. The summed E-state index contributed by atoms with van der Waals surface area (Å²) in [5.74, 6) is 0. The Morgan fingerprint density at radius 2 is 2.36 bits per heavy atom. The molecule has 1 aromatic heterocycles. The monoisotopic (exact) mass is 170 g/mol. The van der Waals surface area contributed by atoms with Gasteiger partial charge >= 0.3 is 0 Å². The molecule has 0 aromatic carbocycles. The highest BCUT2D eigenvalue weighted by Crippen LogP contribution is 2.17. The van der Waals surface area contributed by atoms with Gasteiger partial charge < -0.3 is 10.6 Å². The average molecular weight is 170 g/mol. The highest BCUT2D eigenvalue weighted by Gasteiger charge is 2.07. The van der Waals surface area contributed by atoms with Crippen molar-refractivity contribution in [1.29, 1.82) is 0 Å². The molecule has 11 heavy (non-hydrogen) atoms. The van der Waals surface area contributed by atoms with Gasteiger partial charge in [-0.2, -0.15) is 0 Å². The zero-order chi connectivity index (χ0) is 8.10. The molecule has 1 unspecified atom stereocenters. The molecule has 0 spiro atoms. The maximum Gasteiger partial charge on any atom is 0.0538 e. The number of hydrogen-bond acceptors (Lipinski definition) is 3. The molecule has 0 bridgehead atoms. The van der Waals surface area contributed by atoms with Crippen molar-refractivity contribution in [3.05, 3.63) is 22.4 Å². The molecule has 1 atom stereocenters. The first-order chi connectivity index (χ1) is 5.38. The minimum atomic E-state index is 0.458. The van der Waals surface area contributed by atoms with Crippen LogP contribution >= 0.6 is 11.3 Å². The third-order valence-corrected chi connectivity index (χ3v) is 2.63. The van der Waals surface area contributed by atoms with E-state index in [4.69, 9.17) is 0 Å². The van der Waals surface area contributed by atoms with Gasteiger partial charge in [-0.05, 0) is 25.5 Å². The number of likely N-dealkylation sites (N-methyl/N-ethyl adjacent to an activating group) is 2. The smallest absolute Gasteiger partial charge is 0.0538 e. The Morgan fingerprint density at radius 1 is 1.55 bits per heavy atom. The van der Waals surface area contributed by atoms with E-state index in [-0.39, 0.29) is 0 Å². The van der Waals surface area contributed by atoms with E-state index in [1.165, 1.54) is 4.88 Å². The first-order valence-electron chi connectivity index (χ1n) is 3.73. The van der Waals surface area contributed by atoms with Crippen LogP contribution in [0.25, 0.3) is 0 Å². The normalized spacial score (nSPS) is 13.3. The molecular weight excluding hydrogens is 156 g/mol. The number of rotatable bonds is 4. The molecule has 2 N–H and O–H groups in total. The molecule has 0 amide bonds. The van der Waals surface area contributed by atoms with Gasteiger partial charge in [0.25, 0.3) is 0 Å². The quantitative estimate of drug-likeness (QED) is 0.710. The molecule has 2 nitrogen and oxygen atoms in total. The van der Waals surface area contributed by atoms with Crippen LogP contribution in [0, 0.1) is 0 Å². The van der Waals surface area contributed by atoms with E-state index < -0.39 is 0 Å². The van der Waals surface area contributed by atoms with Crippen molar-refractivity contribution < 1.29 is 0 Å². The number of thiophene rings is 1. The second kappa shape index (κ2) is 4.49. The van der Waals surface area contributed by atoms with E-state index in [0.717, 1.165) is 6.54 Å². The van der Waals surface area contributed by atoms with Crippen molar-refractivity contribution in [3.63, 3.8) is 0 Å². The predicted molar refractivity (Wildman–Crippen MR) is 50.0 cm³/mol. The summed E-state index contributed by atoms with van der Waals surface area (Å²) >= 11 is 1.79.